The molecule has 4 nitrogen and oxygen atoms in total. The Morgan fingerprint density at radius 2 is 1.02 bits per heavy atom. The van der Waals surface area contributed by atoms with Crippen molar-refractivity contribution in [1.82, 2.24) is 14.5 Å². The number of hydrogen-bond donors (Lipinski definition) is 0. The lowest BCUT2D eigenvalue weighted by Crippen LogP contribution is -2.02. The molecule has 0 aliphatic carbocycles. The average Bonchev–Trinajstić information content (AvgIpc) is 3.95. The van der Waals surface area contributed by atoms with Gasteiger partial charge in [-0.3, -0.25) is 0 Å². The predicted molar refractivity (Wildman–Crippen MR) is 238 cm³/mol. The SMILES string of the molecule is c1ccc(-c2nc(-c3cc(-c4ccccc4)c(-n4c5ccccc5c5cc6sc7ccccc7c6cc54)c(-c4ccccc4)c3)c3oc4ccccc4c3n2)cc1. The maximum atomic E-state index is 6.68. The molecule has 12 aromatic rings. The third-order valence-electron chi connectivity index (χ3n) is 11.2. The summed E-state index contributed by atoms with van der Waals surface area (Å²) in [4.78, 5) is 10.5. The Morgan fingerprint density at radius 1 is 0.421 bits per heavy atom. The highest BCUT2D eigenvalue weighted by Crippen LogP contribution is 2.47. The van der Waals surface area contributed by atoms with Crippen molar-refractivity contribution in [1.29, 1.82) is 0 Å². The van der Waals surface area contributed by atoms with Crippen molar-refractivity contribution in [3.8, 4) is 50.6 Å². The maximum absolute atomic E-state index is 6.68. The van der Waals surface area contributed by atoms with Crippen molar-refractivity contribution in [2.24, 2.45) is 0 Å². The first-order chi connectivity index (χ1) is 28.3. The molecule has 0 atom stereocenters. The lowest BCUT2D eigenvalue weighted by molar-refractivity contribution is 0.667. The van der Waals surface area contributed by atoms with E-state index in [0.717, 1.165) is 66.8 Å². The van der Waals surface area contributed by atoms with Crippen molar-refractivity contribution in [3.63, 3.8) is 0 Å². The topological polar surface area (TPSA) is 43.9 Å². The van der Waals surface area contributed by atoms with Gasteiger partial charge in [0.25, 0.3) is 0 Å². The van der Waals surface area contributed by atoms with Gasteiger partial charge in [-0.15, -0.1) is 11.3 Å². The van der Waals surface area contributed by atoms with E-state index in [2.05, 4.69) is 156 Å². The van der Waals surface area contributed by atoms with Gasteiger partial charge in [-0.1, -0.05) is 140 Å². The smallest absolute Gasteiger partial charge is 0.180 e. The third-order valence-corrected chi connectivity index (χ3v) is 12.3. The van der Waals surface area contributed by atoms with E-state index in [-0.39, 0.29) is 0 Å². The summed E-state index contributed by atoms with van der Waals surface area (Å²) in [6, 6.07) is 66.8. The minimum absolute atomic E-state index is 0.658. The van der Waals surface area contributed by atoms with Gasteiger partial charge in [0.2, 0.25) is 0 Å². The minimum Gasteiger partial charge on any atom is -0.452 e. The Morgan fingerprint density at radius 3 is 1.74 bits per heavy atom. The number of furan rings is 1. The van der Waals surface area contributed by atoms with Crippen LogP contribution in [0.1, 0.15) is 0 Å². The van der Waals surface area contributed by atoms with Crippen molar-refractivity contribution >= 4 is 75.4 Å². The van der Waals surface area contributed by atoms with Crippen LogP contribution in [0.5, 0.6) is 0 Å². The van der Waals surface area contributed by atoms with Crippen LogP contribution in [0.3, 0.4) is 0 Å². The quantitative estimate of drug-likeness (QED) is 0.176. The zero-order valence-electron chi connectivity index (χ0n) is 30.6. The number of hydrogen-bond acceptors (Lipinski definition) is 4. The second-order valence-electron chi connectivity index (χ2n) is 14.5. The van der Waals surface area contributed by atoms with Crippen LogP contribution in [0, 0.1) is 0 Å². The molecule has 266 valence electrons. The standard InChI is InChI=1S/C52H31N3OS/c1-4-16-32(17-5-1)39-28-35(48-51-49(38-24-11-14-26-45(38)56-51)54-52(53-48)34-20-8-3-9-21-34)29-40(33-18-6-2-7-19-33)50(39)55-43-25-13-10-22-36(43)41-31-47-42(30-44(41)55)37-23-12-15-27-46(37)57-47/h1-31H. The van der Waals surface area contributed by atoms with Crippen molar-refractivity contribution in [2.75, 3.05) is 0 Å². The van der Waals surface area contributed by atoms with Crippen LogP contribution < -0.4 is 0 Å². The lowest BCUT2D eigenvalue weighted by Gasteiger charge is -2.21. The van der Waals surface area contributed by atoms with Gasteiger partial charge >= 0.3 is 0 Å². The first-order valence-corrected chi connectivity index (χ1v) is 20.0. The highest BCUT2D eigenvalue weighted by Gasteiger charge is 2.25. The summed E-state index contributed by atoms with van der Waals surface area (Å²) in [6.07, 6.45) is 0. The molecule has 0 spiro atoms. The molecule has 8 aromatic carbocycles. The fourth-order valence-electron chi connectivity index (χ4n) is 8.62. The third kappa shape index (κ3) is 4.99. The molecule has 0 bridgehead atoms. The van der Waals surface area contributed by atoms with E-state index in [4.69, 9.17) is 14.4 Å². The molecule has 12 rings (SSSR count). The van der Waals surface area contributed by atoms with Crippen LogP contribution in [0.2, 0.25) is 0 Å². The van der Waals surface area contributed by atoms with E-state index in [1.165, 1.54) is 36.5 Å². The number of aromatic nitrogens is 3. The van der Waals surface area contributed by atoms with Crippen LogP contribution in [0.25, 0.3) is 115 Å². The van der Waals surface area contributed by atoms with Crippen LogP contribution in [0.15, 0.2) is 192 Å². The van der Waals surface area contributed by atoms with Gasteiger partial charge in [-0.25, -0.2) is 9.97 Å². The number of benzene rings is 8. The zero-order valence-corrected chi connectivity index (χ0v) is 31.4. The van der Waals surface area contributed by atoms with Crippen molar-refractivity contribution in [3.05, 3.63) is 188 Å². The normalized spacial score (nSPS) is 11.9. The molecule has 0 unspecified atom stereocenters. The number of rotatable bonds is 5. The van der Waals surface area contributed by atoms with Gasteiger partial charge in [0.1, 0.15) is 16.8 Å². The summed E-state index contributed by atoms with van der Waals surface area (Å²) in [5.41, 5.74) is 12.8. The number of para-hydroxylation sites is 2. The first kappa shape index (κ1) is 32.0. The summed E-state index contributed by atoms with van der Waals surface area (Å²) in [5.74, 6) is 0.658. The van der Waals surface area contributed by atoms with E-state index >= 15 is 0 Å². The van der Waals surface area contributed by atoms with Crippen LogP contribution in [-0.2, 0) is 0 Å². The van der Waals surface area contributed by atoms with Gasteiger partial charge < -0.3 is 8.98 Å². The molecule has 4 heterocycles. The summed E-state index contributed by atoms with van der Waals surface area (Å²) < 4.78 is 11.8. The van der Waals surface area contributed by atoms with Crippen molar-refractivity contribution < 1.29 is 4.42 Å². The largest absolute Gasteiger partial charge is 0.452 e. The number of fused-ring (bicyclic) bond motifs is 9. The molecular formula is C52H31N3OS. The maximum Gasteiger partial charge on any atom is 0.180 e. The fraction of sp³-hybridized carbons (Fsp3) is 0. The summed E-state index contributed by atoms with van der Waals surface area (Å²) >= 11 is 1.86. The van der Waals surface area contributed by atoms with Crippen LogP contribution in [-0.4, -0.2) is 14.5 Å². The predicted octanol–water partition coefficient (Wildman–Crippen LogP) is 14.5. The van der Waals surface area contributed by atoms with Gasteiger partial charge in [0, 0.05) is 58.6 Å². The Kier molecular flexibility index (Phi) is 7.06. The van der Waals surface area contributed by atoms with Crippen LogP contribution >= 0.6 is 11.3 Å². The second kappa shape index (κ2) is 12.6. The lowest BCUT2D eigenvalue weighted by atomic mass is 9.91. The van der Waals surface area contributed by atoms with Gasteiger partial charge in [-0.2, -0.15) is 0 Å². The molecule has 0 saturated heterocycles. The van der Waals surface area contributed by atoms with E-state index in [1.54, 1.807) is 0 Å². The number of nitrogens with zero attached hydrogens (tertiary/aromatic N) is 3. The first-order valence-electron chi connectivity index (χ1n) is 19.2. The summed E-state index contributed by atoms with van der Waals surface area (Å²) in [7, 11) is 0. The minimum atomic E-state index is 0.658. The second-order valence-corrected chi connectivity index (χ2v) is 15.6. The molecule has 0 aliphatic rings. The van der Waals surface area contributed by atoms with E-state index in [1.807, 2.05) is 47.7 Å². The molecule has 4 aromatic heterocycles. The summed E-state index contributed by atoms with van der Waals surface area (Å²) in [6.45, 7) is 0. The monoisotopic (exact) mass is 745 g/mol. The zero-order chi connectivity index (χ0) is 37.5. The van der Waals surface area contributed by atoms with Gasteiger partial charge in [0.15, 0.2) is 11.4 Å². The molecule has 0 radical (unpaired) electrons. The molecule has 0 saturated carbocycles. The highest BCUT2D eigenvalue weighted by atomic mass is 32.1. The molecule has 0 fully saturated rings. The van der Waals surface area contributed by atoms with E-state index in [0.29, 0.717) is 11.4 Å². The van der Waals surface area contributed by atoms with E-state index < -0.39 is 0 Å². The summed E-state index contributed by atoms with van der Waals surface area (Å²) in [5, 5.41) is 5.98. The van der Waals surface area contributed by atoms with Crippen LogP contribution in [0.4, 0.5) is 0 Å². The van der Waals surface area contributed by atoms with Gasteiger partial charge in [-0.05, 0) is 59.7 Å². The average molecular weight is 746 g/mol. The Balaban J connectivity index is 1.24. The Bertz CT molecular complexity index is 3450. The van der Waals surface area contributed by atoms with Gasteiger partial charge in [0.05, 0.1) is 16.7 Å². The van der Waals surface area contributed by atoms with Crippen molar-refractivity contribution in [2.45, 2.75) is 0 Å². The Labute approximate surface area is 331 Å². The Hall–Kier alpha value is -7.34. The molecular weight excluding hydrogens is 715 g/mol. The fourth-order valence-corrected chi connectivity index (χ4v) is 9.75. The molecule has 5 heteroatoms. The number of thiophene rings is 1. The molecule has 0 N–H and O–H groups in total. The van der Waals surface area contributed by atoms with E-state index in [9.17, 15) is 0 Å². The molecule has 0 aliphatic heterocycles. The molecule has 0 amide bonds. The highest BCUT2D eigenvalue weighted by molar-refractivity contribution is 7.25. The molecule has 57 heavy (non-hydrogen) atoms.